The second kappa shape index (κ2) is 5.43. The van der Waals surface area contributed by atoms with Gasteiger partial charge in [-0.1, -0.05) is 0 Å². The van der Waals surface area contributed by atoms with E-state index in [0.29, 0.717) is 19.6 Å². The first kappa shape index (κ1) is 15.2. The summed E-state index contributed by atoms with van der Waals surface area (Å²) in [7, 11) is 0. The Morgan fingerprint density at radius 2 is 2.00 bits per heavy atom. The van der Waals surface area contributed by atoms with Crippen LogP contribution in [0.25, 0.3) is 0 Å². The Kier molecular flexibility index (Phi) is 4.59. The SMILES string of the molecule is CC(C)(F)CNC1CCN(C(=O)OC(C)(C)C)C1. The van der Waals surface area contributed by atoms with E-state index < -0.39 is 11.3 Å². The van der Waals surface area contributed by atoms with E-state index in [2.05, 4.69) is 5.32 Å². The van der Waals surface area contributed by atoms with Crippen LogP contribution in [0.2, 0.25) is 0 Å². The summed E-state index contributed by atoms with van der Waals surface area (Å²) in [6, 6.07) is 0.160. The molecule has 1 rings (SSSR count). The Morgan fingerprint density at radius 3 is 2.50 bits per heavy atom. The molecule has 1 heterocycles. The molecule has 0 aromatic rings. The Labute approximate surface area is 109 Å². The van der Waals surface area contributed by atoms with Gasteiger partial charge in [-0.15, -0.1) is 0 Å². The van der Waals surface area contributed by atoms with Gasteiger partial charge in [0.15, 0.2) is 0 Å². The van der Waals surface area contributed by atoms with Crippen LogP contribution in [0.15, 0.2) is 0 Å². The topological polar surface area (TPSA) is 41.6 Å². The highest BCUT2D eigenvalue weighted by atomic mass is 19.1. The first-order valence-corrected chi connectivity index (χ1v) is 6.47. The van der Waals surface area contributed by atoms with Crippen molar-refractivity contribution in [1.29, 1.82) is 0 Å². The van der Waals surface area contributed by atoms with Crippen LogP contribution in [0, 0.1) is 0 Å². The van der Waals surface area contributed by atoms with Crippen molar-refractivity contribution < 1.29 is 13.9 Å². The maximum Gasteiger partial charge on any atom is 0.410 e. The molecule has 0 bridgehead atoms. The second-order valence-electron chi connectivity index (χ2n) is 6.51. The summed E-state index contributed by atoms with van der Waals surface area (Å²) in [5, 5.41) is 3.14. The molecule has 1 fully saturated rings. The maximum atomic E-state index is 13.4. The van der Waals surface area contributed by atoms with Crippen molar-refractivity contribution in [2.45, 2.75) is 58.4 Å². The van der Waals surface area contributed by atoms with E-state index in [-0.39, 0.29) is 12.1 Å². The molecule has 0 aliphatic carbocycles. The van der Waals surface area contributed by atoms with E-state index in [1.165, 1.54) is 0 Å². The Bertz CT molecular complexity index is 294. The van der Waals surface area contributed by atoms with Crippen molar-refractivity contribution in [2.75, 3.05) is 19.6 Å². The van der Waals surface area contributed by atoms with E-state index in [0.717, 1.165) is 6.42 Å². The minimum Gasteiger partial charge on any atom is -0.444 e. The first-order chi connectivity index (χ1) is 8.07. The smallest absolute Gasteiger partial charge is 0.410 e. The van der Waals surface area contributed by atoms with Crippen LogP contribution in [0.1, 0.15) is 41.0 Å². The molecule has 0 radical (unpaired) electrons. The normalized spacial score (nSPS) is 21.2. The largest absolute Gasteiger partial charge is 0.444 e. The van der Waals surface area contributed by atoms with E-state index in [9.17, 15) is 9.18 Å². The molecule has 1 N–H and O–H groups in total. The molecular weight excluding hydrogens is 235 g/mol. The summed E-state index contributed by atoms with van der Waals surface area (Å²) < 4.78 is 18.7. The molecule has 1 atom stereocenters. The molecule has 106 valence electrons. The van der Waals surface area contributed by atoms with Crippen LogP contribution in [0.4, 0.5) is 9.18 Å². The highest BCUT2D eigenvalue weighted by molar-refractivity contribution is 5.68. The third kappa shape index (κ3) is 5.67. The van der Waals surface area contributed by atoms with Gasteiger partial charge in [0, 0.05) is 25.7 Å². The van der Waals surface area contributed by atoms with Gasteiger partial charge in [-0.05, 0) is 41.0 Å². The molecule has 1 aliphatic rings. The summed E-state index contributed by atoms with van der Waals surface area (Å²) in [5.74, 6) is 0. The Balaban J connectivity index is 2.35. The van der Waals surface area contributed by atoms with Gasteiger partial charge >= 0.3 is 6.09 Å². The second-order valence-corrected chi connectivity index (χ2v) is 6.51. The molecule has 0 spiro atoms. The molecule has 0 saturated carbocycles. The number of hydrogen-bond donors (Lipinski definition) is 1. The van der Waals surface area contributed by atoms with Gasteiger partial charge in [0.05, 0.1) is 0 Å². The molecule has 4 nitrogen and oxygen atoms in total. The van der Waals surface area contributed by atoms with E-state index in [1.54, 1.807) is 18.7 Å². The summed E-state index contributed by atoms with van der Waals surface area (Å²) in [5.41, 5.74) is -1.69. The van der Waals surface area contributed by atoms with E-state index in [1.807, 2.05) is 20.8 Å². The highest BCUT2D eigenvalue weighted by Gasteiger charge is 2.30. The monoisotopic (exact) mass is 260 g/mol. The highest BCUT2D eigenvalue weighted by Crippen LogP contribution is 2.16. The zero-order valence-corrected chi connectivity index (χ0v) is 12.0. The number of nitrogens with one attached hydrogen (secondary N) is 1. The van der Waals surface area contributed by atoms with Crippen molar-refractivity contribution in [1.82, 2.24) is 10.2 Å². The van der Waals surface area contributed by atoms with Crippen molar-refractivity contribution in [2.24, 2.45) is 0 Å². The van der Waals surface area contributed by atoms with Crippen molar-refractivity contribution in [3.8, 4) is 0 Å². The third-order valence-electron chi connectivity index (χ3n) is 2.65. The first-order valence-electron chi connectivity index (χ1n) is 6.47. The summed E-state index contributed by atoms with van der Waals surface area (Å²) in [6.45, 7) is 10.2. The fourth-order valence-electron chi connectivity index (χ4n) is 1.81. The standard InChI is InChI=1S/C13H25FN2O2/c1-12(2,3)18-11(17)16-7-6-10(8-16)15-9-13(4,5)14/h10,15H,6-9H2,1-5H3. The van der Waals surface area contributed by atoms with Crippen molar-refractivity contribution in [3.05, 3.63) is 0 Å². The number of alkyl halides is 1. The van der Waals surface area contributed by atoms with E-state index in [4.69, 9.17) is 4.74 Å². The van der Waals surface area contributed by atoms with Crippen LogP contribution in [-0.2, 0) is 4.74 Å². The average Bonchev–Trinajstić information content (AvgIpc) is 2.58. The number of carbonyl (C=O) groups excluding carboxylic acids is 1. The minimum atomic E-state index is -1.22. The van der Waals surface area contributed by atoms with E-state index >= 15 is 0 Å². The molecule has 1 amide bonds. The fraction of sp³-hybridized carbons (Fsp3) is 0.923. The van der Waals surface area contributed by atoms with Crippen LogP contribution < -0.4 is 5.32 Å². The quantitative estimate of drug-likeness (QED) is 0.847. The fourth-order valence-corrected chi connectivity index (χ4v) is 1.81. The summed E-state index contributed by atoms with van der Waals surface area (Å²) in [4.78, 5) is 13.5. The number of rotatable bonds is 3. The lowest BCUT2D eigenvalue weighted by molar-refractivity contribution is 0.0290. The van der Waals surface area contributed by atoms with Gasteiger partial charge in [-0.3, -0.25) is 0 Å². The Morgan fingerprint density at radius 1 is 1.39 bits per heavy atom. The zero-order valence-electron chi connectivity index (χ0n) is 12.0. The number of ether oxygens (including phenoxy) is 1. The molecular formula is C13H25FN2O2. The number of carbonyl (C=O) groups is 1. The molecule has 1 unspecified atom stereocenters. The lowest BCUT2D eigenvalue weighted by atomic mass is 10.1. The lowest BCUT2D eigenvalue weighted by Crippen LogP contribution is -2.41. The van der Waals surface area contributed by atoms with Crippen LogP contribution in [-0.4, -0.2) is 47.9 Å². The Hall–Kier alpha value is -0.840. The van der Waals surface area contributed by atoms with Crippen LogP contribution >= 0.6 is 0 Å². The lowest BCUT2D eigenvalue weighted by Gasteiger charge is -2.24. The summed E-state index contributed by atoms with van der Waals surface area (Å²) >= 11 is 0. The number of likely N-dealkylation sites (tertiary alicyclic amines) is 1. The molecule has 1 saturated heterocycles. The number of halogens is 1. The third-order valence-corrected chi connectivity index (χ3v) is 2.65. The predicted octanol–water partition coefficient (Wildman–Crippen LogP) is 2.33. The van der Waals surface area contributed by atoms with Crippen LogP contribution in [0.3, 0.4) is 0 Å². The minimum absolute atomic E-state index is 0.160. The molecule has 5 heteroatoms. The molecule has 18 heavy (non-hydrogen) atoms. The van der Waals surface area contributed by atoms with Gasteiger partial charge in [0.25, 0.3) is 0 Å². The predicted molar refractivity (Wildman–Crippen MR) is 69.4 cm³/mol. The zero-order chi connectivity index (χ0) is 14.0. The van der Waals surface area contributed by atoms with Crippen LogP contribution in [0.5, 0.6) is 0 Å². The number of hydrogen-bond acceptors (Lipinski definition) is 3. The van der Waals surface area contributed by atoms with Crippen molar-refractivity contribution in [3.63, 3.8) is 0 Å². The average molecular weight is 260 g/mol. The van der Waals surface area contributed by atoms with Crippen molar-refractivity contribution >= 4 is 6.09 Å². The van der Waals surface area contributed by atoms with Gasteiger partial charge in [0.2, 0.25) is 0 Å². The molecule has 0 aromatic carbocycles. The van der Waals surface area contributed by atoms with Gasteiger partial charge in [-0.25, -0.2) is 9.18 Å². The van der Waals surface area contributed by atoms with Gasteiger partial charge in [0.1, 0.15) is 11.3 Å². The number of amides is 1. The van der Waals surface area contributed by atoms with Gasteiger partial charge < -0.3 is 15.0 Å². The molecule has 1 aliphatic heterocycles. The number of nitrogens with zero attached hydrogens (tertiary/aromatic N) is 1. The van der Waals surface area contributed by atoms with Gasteiger partial charge in [-0.2, -0.15) is 0 Å². The maximum absolute atomic E-state index is 13.4. The molecule has 0 aromatic heterocycles. The summed E-state index contributed by atoms with van der Waals surface area (Å²) in [6.07, 6.45) is 0.557.